The van der Waals surface area contributed by atoms with Crippen LogP contribution in [0.2, 0.25) is 0 Å². The third-order valence-corrected chi connectivity index (χ3v) is 6.21. The summed E-state index contributed by atoms with van der Waals surface area (Å²) in [5, 5.41) is 6.09. The van der Waals surface area contributed by atoms with Crippen molar-refractivity contribution in [1.82, 2.24) is 10.6 Å². The molecule has 4 rings (SSSR count). The van der Waals surface area contributed by atoms with Gasteiger partial charge in [-0.05, 0) is 101 Å². The highest BCUT2D eigenvalue weighted by Gasteiger charge is 2.31. The van der Waals surface area contributed by atoms with Crippen molar-refractivity contribution in [1.29, 1.82) is 0 Å². The Morgan fingerprint density at radius 3 is 1.44 bits per heavy atom. The number of alkyl carbamates (subject to hydrolysis) is 2. The Bertz CT molecular complexity index is 1010. The summed E-state index contributed by atoms with van der Waals surface area (Å²) in [6, 6.07) is 12.6. The summed E-state index contributed by atoms with van der Waals surface area (Å²) in [6.07, 6.45) is 2.73. The van der Waals surface area contributed by atoms with E-state index in [2.05, 4.69) is 47.0 Å². The van der Waals surface area contributed by atoms with E-state index in [0.29, 0.717) is 0 Å². The SMILES string of the molecule is CC(C)(C)OC(=O)N[C@@H]1CCc2c(-c3cccc4c3CC[C@H]4NC(=O)OC(C)(C)C)cccc21. The van der Waals surface area contributed by atoms with Crippen molar-refractivity contribution in [3.8, 4) is 11.1 Å². The number of rotatable bonds is 3. The van der Waals surface area contributed by atoms with Crippen LogP contribution >= 0.6 is 0 Å². The molecule has 0 bridgehead atoms. The van der Waals surface area contributed by atoms with Crippen LogP contribution in [0.4, 0.5) is 9.59 Å². The number of carbonyl (C=O) groups is 2. The fourth-order valence-electron chi connectivity index (χ4n) is 5.01. The normalized spacial score (nSPS) is 19.2. The first-order valence-electron chi connectivity index (χ1n) is 12.1. The first kappa shape index (κ1) is 24.1. The molecule has 2 aliphatic carbocycles. The smallest absolute Gasteiger partial charge is 0.408 e. The van der Waals surface area contributed by atoms with Gasteiger partial charge in [-0.25, -0.2) is 9.59 Å². The Kier molecular flexibility index (Phi) is 6.36. The number of hydrogen-bond acceptors (Lipinski definition) is 4. The number of amides is 2. The van der Waals surface area contributed by atoms with E-state index in [1.807, 2.05) is 41.5 Å². The van der Waals surface area contributed by atoms with Crippen LogP contribution in [0, 0.1) is 0 Å². The summed E-state index contributed by atoms with van der Waals surface area (Å²) in [5.41, 5.74) is 6.23. The predicted molar refractivity (Wildman–Crippen MR) is 133 cm³/mol. The van der Waals surface area contributed by atoms with Crippen LogP contribution in [-0.4, -0.2) is 23.4 Å². The molecule has 0 spiro atoms. The molecule has 0 unspecified atom stereocenters. The minimum absolute atomic E-state index is 0.0526. The molecule has 2 aromatic carbocycles. The van der Waals surface area contributed by atoms with Gasteiger partial charge in [0.2, 0.25) is 0 Å². The highest BCUT2D eigenvalue weighted by molar-refractivity contribution is 5.76. The molecule has 0 heterocycles. The Hall–Kier alpha value is -3.02. The highest BCUT2D eigenvalue weighted by atomic mass is 16.6. The summed E-state index contributed by atoms with van der Waals surface area (Å²) >= 11 is 0. The van der Waals surface area contributed by atoms with Crippen molar-refractivity contribution in [2.24, 2.45) is 0 Å². The van der Waals surface area contributed by atoms with Crippen molar-refractivity contribution < 1.29 is 19.1 Å². The summed E-state index contributed by atoms with van der Waals surface area (Å²) in [4.78, 5) is 24.7. The van der Waals surface area contributed by atoms with Crippen LogP contribution in [0.15, 0.2) is 36.4 Å². The lowest BCUT2D eigenvalue weighted by Crippen LogP contribution is -2.34. The maximum absolute atomic E-state index is 12.4. The lowest BCUT2D eigenvalue weighted by atomic mass is 9.91. The largest absolute Gasteiger partial charge is 0.444 e. The van der Waals surface area contributed by atoms with E-state index in [0.717, 1.165) is 36.8 Å². The van der Waals surface area contributed by atoms with E-state index < -0.39 is 11.2 Å². The van der Waals surface area contributed by atoms with Crippen LogP contribution in [0.25, 0.3) is 11.1 Å². The Morgan fingerprint density at radius 2 is 1.09 bits per heavy atom. The van der Waals surface area contributed by atoms with Crippen molar-refractivity contribution >= 4 is 12.2 Å². The van der Waals surface area contributed by atoms with Crippen LogP contribution in [0.3, 0.4) is 0 Å². The zero-order valence-corrected chi connectivity index (χ0v) is 21.1. The number of fused-ring (bicyclic) bond motifs is 2. The van der Waals surface area contributed by atoms with E-state index in [-0.39, 0.29) is 24.3 Å². The van der Waals surface area contributed by atoms with E-state index in [4.69, 9.17) is 9.47 Å². The quantitative estimate of drug-likeness (QED) is 0.553. The monoisotopic (exact) mass is 464 g/mol. The van der Waals surface area contributed by atoms with Crippen molar-refractivity contribution in [2.45, 2.75) is 90.5 Å². The second-order valence-corrected chi connectivity index (χ2v) is 11.2. The third kappa shape index (κ3) is 5.37. The Labute approximate surface area is 202 Å². The second kappa shape index (κ2) is 8.97. The number of ether oxygens (including phenoxy) is 2. The molecule has 0 radical (unpaired) electrons. The fourth-order valence-corrected chi connectivity index (χ4v) is 5.01. The molecular formula is C28H36N2O4. The molecule has 6 nitrogen and oxygen atoms in total. The van der Waals surface area contributed by atoms with E-state index in [1.165, 1.54) is 22.3 Å². The fraction of sp³-hybridized carbons (Fsp3) is 0.500. The van der Waals surface area contributed by atoms with Gasteiger partial charge in [-0.1, -0.05) is 36.4 Å². The summed E-state index contributed by atoms with van der Waals surface area (Å²) < 4.78 is 10.9. The first-order valence-corrected chi connectivity index (χ1v) is 12.1. The number of benzene rings is 2. The topological polar surface area (TPSA) is 76.7 Å². The van der Waals surface area contributed by atoms with E-state index in [9.17, 15) is 9.59 Å². The lowest BCUT2D eigenvalue weighted by molar-refractivity contribution is 0.0492. The first-order chi connectivity index (χ1) is 15.9. The maximum Gasteiger partial charge on any atom is 0.408 e. The van der Waals surface area contributed by atoms with Crippen molar-refractivity contribution in [3.05, 3.63) is 58.7 Å². The van der Waals surface area contributed by atoms with Gasteiger partial charge in [0.05, 0.1) is 12.1 Å². The molecule has 6 heteroatoms. The maximum atomic E-state index is 12.4. The average molecular weight is 465 g/mol. The van der Waals surface area contributed by atoms with E-state index >= 15 is 0 Å². The molecule has 2 aromatic rings. The van der Waals surface area contributed by atoms with Crippen LogP contribution in [-0.2, 0) is 22.3 Å². The minimum atomic E-state index is -0.526. The van der Waals surface area contributed by atoms with Gasteiger partial charge in [0.1, 0.15) is 11.2 Å². The Morgan fingerprint density at radius 1 is 0.706 bits per heavy atom. The summed E-state index contributed by atoms with van der Waals surface area (Å²) in [7, 11) is 0. The molecular weight excluding hydrogens is 428 g/mol. The number of hydrogen-bond donors (Lipinski definition) is 2. The molecule has 182 valence electrons. The van der Waals surface area contributed by atoms with Gasteiger partial charge in [-0.2, -0.15) is 0 Å². The molecule has 2 atom stereocenters. The van der Waals surface area contributed by atoms with Crippen molar-refractivity contribution in [3.63, 3.8) is 0 Å². The minimum Gasteiger partial charge on any atom is -0.444 e. The molecule has 34 heavy (non-hydrogen) atoms. The van der Waals surface area contributed by atoms with Crippen LogP contribution in [0.1, 0.15) is 88.7 Å². The van der Waals surface area contributed by atoms with Crippen LogP contribution in [0.5, 0.6) is 0 Å². The molecule has 2 N–H and O–H groups in total. The average Bonchev–Trinajstić information content (AvgIpc) is 3.29. The molecule has 2 amide bonds. The van der Waals surface area contributed by atoms with Gasteiger partial charge in [0.15, 0.2) is 0 Å². The summed E-state index contributed by atoms with van der Waals surface area (Å²) in [5.74, 6) is 0. The zero-order valence-electron chi connectivity index (χ0n) is 21.1. The van der Waals surface area contributed by atoms with E-state index in [1.54, 1.807) is 0 Å². The van der Waals surface area contributed by atoms with Gasteiger partial charge in [-0.15, -0.1) is 0 Å². The molecule has 2 aliphatic rings. The number of nitrogens with one attached hydrogen (secondary N) is 2. The molecule has 0 saturated heterocycles. The van der Waals surface area contributed by atoms with Gasteiger partial charge in [0, 0.05) is 0 Å². The molecule has 0 aromatic heterocycles. The summed E-state index contributed by atoms with van der Waals surface area (Å²) in [6.45, 7) is 11.2. The van der Waals surface area contributed by atoms with Crippen molar-refractivity contribution in [2.75, 3.05) is 0 Å². The zero-order chi connectivity index (χ0) is 24.7. The van der Waals surface area contributed by atoms with Gasteiger partial charge in [0.25, 0.3) is 0 Å². The third-order valence-electron chi connectivity index (χ3n) is 6.21. The number of carbonyl (C=O) groups excluding carboxylic acids is 2. The standard InChI is InChI=1S/C28H36N2O4/c1-27(2,3)33-25(31)29-23-15-13-19-17(9-7-11-21(19)23)18-10-8-12-22-20(18)14-16-24(22)30-26(32)34-28(4,5)6/h7-12,23-24H,13-16H2,1-6H3,(H,29,31)(H,30,32)/t23-,24-/m1/s1. The molecule has 0 saturated carbocycles. The van der Waals surface area contributed by atoms with Gasteiger partial charge in [-0.3, -0.25) is 0 Å². The van der Waals surface area contributed by atoms with Gasteiger partial charge >= 0.3 is 12.2 Å². The van der Waals surface area contributed by atoms with Gasteiger partial charge < -0.3 is 20.1 Å². The molecule has 0 fully saturated rings. The Balaban J connectivity index is 1.57. The van der Waals surface area contributed by atoms with Crippen LogP contribution < -0.4 is 10.6 Å². The highest BCUT2D eigenvalue weighted by Crippen LogP contribution is 2.43. The second-order valence-electron chi connectivity index (χ2n) is 11.2. The molecule has 0 aliphatic heterocycles. The predicted octanol–water partition coefficient (Wildman–Crippen LogP) is 6.38. The lowest BCUT2D eigenvalue weighted by Gasteiger charge is -2.22.